The van der Waals surface area contributed by atoms with Crippen molar-refractivity contribution in [3.63, 3.8) is 0 Å². The van der Waals surface area contributed by atoms with E-state index in [-0.39, 0.29) is 113 Å². The summed E-state index contributed by atoms with van der Waals surface area (Å²) in [6.45, 7) is 5.52. The number of hydrogen-bond acceptors (Lipinski definition) is 18. The van der Waals surface area contributed by atoms with Crippen LogP contribution in [-0.2, 0) is 65.6 Å². The minimum absolute atomic E-state index is 0.00330. The molecule has 0 bridgehead atoms. The highest BCUT2D eigenvalue weighted by Crippen LogP contribution is 2.39. The predicted molar refractivity (Wildman–Crippen MR) is 357 cm³/mol. The Morgan fingerprint density at radius 1 is 0.660 bits per heavy atom. The fraction of sp³-hybridized carbons (Fsp3) is 0.559. The van der Waals surface area contributed by atoms with Crippen molar-refractivity contribution in [3.8, 4) is 5.75 Å². The third-order valence-corrected chi connectivity index (χ3v) is 18.6. The SMILES string of the molecule is CC[C@H](C)[C@@H]1NC(=O)[C@H](CCCN=C(N)N)NC(=O)[C@H](CCCN=C(N)N)NC(=O)[C@H](NC(=O)[C@H](Cc2ccccc2)NC(=O)CNC(=O)CNC(=O)[C@@H](N)Cc2ccc(O)cc2)CSSC(C)(C)[C@H](C(N)=O)NC(=O)[C@@H]2CCCN2C(=O)[C@H](CCCN=C(N)N)NC1=O. The van der Waals surface area contributed by atoms with Gasteiger partial charge >= 0.3 is 0 Å². The van der Waals surface area contributed by atoms with Crippen molar-refractivity contribution in [3.05, 3.63) is 65.7 Å². The summed E-state index contributed by atoms with van der Waals surface area (Å²) in [6, 6.07) is 2.28. The minimum atomic E-state index is -1.59. The van der Waals surface area contributed by atoms with E-state index in [1.165, 1.54) is 17.0 Å². The fourth-order valence-electron chi connectivity index (χ4n) is 9.98. The number of carbonyl (C=O) groups excluding carboxylic acids is 11. The molecule has 26 N–H and O–H groups in total. The number of primary amides is 1. The van der Waals surface area contributed by atoms with Crippen LogP contribution in [0.2, 0.25) is 0 Å². The Kier molecular flexibility index (Phi) is 31.9. The Balaban J connectivity index is 1.77. The Bertz CT molecular complexity index is 3020. The number of phenols is 1. The number of amides is 11. The minimum Gasteiger partial charge on any atom is -0.508 e. The molecule has 4 rings (SSSR count). The van der Waals surface area contributed by atoms with Crippen LogP contribution in [0.4, 0.5) is 0 Å². The van der Waals surface area contributed by atoms with Gasteiger partial charge in [0, 0.05) is 43.1 Å². The fourth-order valence-corrected chi connectivity index (χ4v) is 12.8. The molecule has 2 aliphatic heterocycles. The van der Waals surface area contributed by atoms with Crippen LogP contribution >= 0.6 is 21.6 Å². The first-order valence-corrected chi connectivity index (χ1v) is 33.1. The highest BCUT2D eigenvalue weighted by molar-refractivity contribution is 8.77. The molecule has 10 atom stereocenters. The number of nitrogens with two attached hydrogens (primary N) is 8. The summed E-state index contributed by atoms with van der Waals surface area (Å²) >= 11 is 0. The van der Waals surface area contributed by atoms with Crippen molar-refractivity contribution in [2.45, 2.75) is 157 Å². The number of nitrogens with one attached hydrogen (secondary N) is 9. The van der Waals surface area contributed by atoms with Crippen LogP contribution in [0.3, 0.4) is 0 Å². The van der Waals surface area contributed by atoms with Crippen molar-refractivity contribution in [1.82, 2.24) is 52.8 Å². The molecule has 518 valence electrons. The molecule has 0 unspecified atom stereocenters. The molecular formula is C59H93N21O12S2. The van der Waals surface area contributed by atoms with Gasteiger partial charge in [-0.05, 0) is 101 Å². The first kappa shape index (κ1) is 77.3. The molecule has 2 aliphatic rings. The molecular weight excluding hydrogens is 1260 g/mol. The molecule has 35 heteroatoms. The molecule has 11 amide bonds. The molecule has 0 aliphatic carbocycles. The van der Waals surface area contributed by atoms with Crippen LogP contribution in [0.1, 0.15) is 96.6 Å². The summed E-state index contributed by atoms with van der Waals surface area (Å²) < 4.78 is -1.31. The van der Waals surface area contributed by atoms with Gasteiger partial charge in [-0.3, -0.25) is 67.7 Å². The molecule has 2 fully saturated rings. The number of aromatic hydroxyl groups is 1. The van der Waals surface area contributed by atoms with Crippen LogP contribution in [0.25, 0.3) is 0 Å². The van der Waals surface area contributed by atoms with Gasteiger partial charge in [0.1, 0.15) is 54.1 Å². The summed E-state index contributed by atoms with van der Waals surface area (Å²) in [5.41, 5.74) is 46.9. The molecule has 2 aromatic carbocycles. The summed E-state index contributed by atoms with van der Waals surface area (Å²) in [6.07, 6.45) is 0.825. The van der Waals surface area contributed by atoms with E-state index in [4.69, 9.17) is 45.9 Å². The zero-order chi connectivity index (χ0) is 69.7. The van der Waals surface area contributed by atoms with Gasteiger partial charge in [0.2, 0.25) is 65.0 Å². The second kappa shape index (κ2) is 38.8. The van der Waals surface area contributed by atoms with Crippen LogP contribution in [0.5, 0.6) is 5.75 Å². The van der Waals surface area contributed by atoms with Gasteiger partial charge in [0.25, 0.3) is 0 Å². The normalized spacial score (nSPS) is 21.7. The lowest BCUT2D eigenvalue weighted by Crippen LogP contribution is -2.61. The van der Waals surface area contributed by atoms with Crippen molar-refractivity contribution < 1.29 is 57.8 Å². The lowest BCUT2D eigenvalue weighted by Gasteiger charge is -2.34. The molecule has 2 aromatic rings. The van der Waals surface area contributed by atoms with Crippen LogP contribution < -0.4 is 93.7 Å². The maximum absolute atomic E-state index is 15.0. The van der Waals surface area contributed by atoms with Gasteiger partial charge in [-0.25, -0.2) is 0 Å². The first-order valence-electron chi connectivity index (χ1n) is 30.8. The van der Waals surface area contributed by atoms with Gasteiger partial charge in [-0.15, -0.1) is 0 Å². The third-order valence-electron chi connectivity index (χ3n) is 15.3. The van der Waals surface area contributed by atoms with Gasteiger partial charge in [-0.2, -0.15) is 0 Å². The molecule has 0 radical (unpaired) electrons. The van der Waals surface area contributed by atoms with Gasteiger partial charge in [-0.1, -0.05) is 84.3 Å². The van der Waals surface area contributed by atoms with E-state index < -0.39 is 143 Å². The average molecular weight is 1350 g/mol. The number of aliphatic imine (C=N–C) groups is 3. The van der Waals surface area contributed by atoms with E-state index in [0.717, 1.165) is 21.6 Å². The number of rotatable bonds is 27. The second-order valence-corrected chi connectivity index (χ2v) is 26.2. The number of guanidine groups is 3. The topological polar surface area (TPSA) is 565 Å². The summed E-state index contributed by atoms with van der Waals surface area (Å²) in [7, 11) is 1.96. The number of phenolic OH excluding ortho intramolecular Hbond substituents is 1. The van der Waals surface area contributed by atoms with Gasteiger partial charge in [0.05, 0.1) is 19.1 Å². The maximum Gasteiger partial charge on any atom is 0.245 e. The van der Waals surface area contributed by atoms with Gasteiger partial charge in [0.15, 0.2) is 17.9 Å². The van der Waals surface area contributed by atoms with Crippen molar-refractivity contribution in [2.24, 2.45) is 66.8 Å². The molecule has 94 heavy (non-hydrogen) atoms. The molecule has 0 spiro atoms. The number of carbonyl (C=O) groups is 11. The zero-order valence-corrected chi connectivity index (χ0v) is 55.0. The van der Waals surface area contributed by atoms with Crippen molar-refractivity contribution >= 4 is 104 Å². The average Bonchev–Trinajstić information content (AvgIpc) is 1.51. The monoisotopic (exact) mass is 1350 g/mol. The quantitative estimate of drug-likeness (QED) is 0.0172. The largest absolute Gasteiger partial charge is 0.508 e. The van der Waals surface area contributed by atoms with E-state index in [9.17, 15) is 57.8 Å². The first-order chi connectivity index (χ1) is 44.5. The Labute approximate surface area is 553 Å². The summed E-state index contributed by atoms with van der Waals surface area (Å²) in [5, 5.41) is 33.4. The molecule has 2 saturated heterocycles. The van der Waals surface area contributed by atoms with E-state index in [2.05, 4.69) is 62.8 Å². The molecule has 33 nitrogen and oxygen atoms in total. The number of nitrogens with zero attached hydrogens (tertiary/aromatic N) is 4. The maximum atomic E-state index is 15.0. The molecule has 0 saturated carbocycles. The lowest BCUT2D eigenvalue weighted by molar-refractivity contribution is -0.143. The molecule has 2 heterocycles. The number of hydrogen-bond donors (Lipinski definition) is 18. The Morgan fingerprint density at radius 2 is 1.19 bits per heavy atom. The van der Waals surface area contributed by atoms with Crippen LogP contribution in [-0.4, -0.2) is 197 Å². The Hall–Kier alpha value is -9.12. The number of fused-ring (bicyclic) bond motifs is 1. The highest BCUT2D eigenvalue weighted by Gasteiger charge is 2.44. The van der Waals surface area contributed by atoms with Crippen LogP contribution in [0.15, 0.2) is 69.6 Å². The van der Waals surface area contributed by atoms with Gasteiger partial charge < -0.3 is 104 Å². The third kappa shape index (κ3) is 26.5. The van der Waals surface area contributed by atoms with E-state index in [1.807, 2.05) is 0 Å². The van der Waals surface area contributed by atoms with E-state index in [0.29, 0.717) is 24.0 Å². The highest BCUT2D eigenvalue weighted by atomic mass is 33.1. The second-order valence-electron chi connectivity index (χ2n) is 23.2. The number of benzene rings is 2. The van der Waals surface area contributed by atoms with E-state index in [1.54, 1.807) is 70.2 Å². The van der Waals surface area contributed by atoms with Crippen molar-refractivity contribution in [2.75, 3.05) is 45.0 Å². The standard InChI is InChI=1S/C59H93N21O12S2/c1-5-32(2)45-54(91)76-39(17-11-25-70-58(66)67)55(92)80-26-12-18-42(80)53(90)79-46(47(61)84)59(3,4)94-93-31-41(52(89)75-37(15-9-23-68-56(62)63)49(86)74-38(50(87)78-45)16-10-24-69-57(64)65)77-51(88)40(28-33-13-7-6-8-14-33)73-44(83)30-71-43(82)29-72-48(85)36(60)27-34-19-21-35(81)22-20-34/h6-8,13-14,19-22,32,36-42,45-46,81H,5,9-12,15-18,23-31,60H2,1-4H3,(H2,61,84)(H,71,82)(H,72,85)(H,73,83)(H,74,86)(H,75,89)(H,76,91)(H,77,88)(H,78,87)(H,79,90)(H4,62,63,68)(H4,64,65,69)(H4,66,67,70)/t32-,36-,37-,38-,39-,40-,41+,42-,45-,46-/m0/s1. The van der Waals surface area contributed by atoms with E-state index >= 15 is 0 Å². The summed E-state index contributed by atoms with van der Waals surface area (Å²) in [4.78, 5) is 169. The molecule has 0 aromatic heterocycles. The summed E-state index contributed by atoms with van der Waals surface area (Å²) in [5.74, 6) is -10.7. The van der Waals surface area contributed by atoms with Crippen molar-refractivity contribution in [1.29, 1.82) is 0 Å². The lowest BCUT2D eigenvalue weighted by atomic mass is 9.96. The van der Waals surface area contributed by atoms with Crippen LogP contribution in [0, 0.1) is 5.92 Å². The predicted octanol–water partition coefficient (Wildman–Crippen LogP) is -5.01. The zero-order valence-electron chi connectivity index (χ0n) is 53.4. The Morgan fingerprint density at radius 3 is 1.76 bits per heavy atom. The smallest absolute Gasteiger partial charge is 0.245 e.